The maximum atomic E-state index is 13.9. The van der Waals surface area contributed by atoms with E-state index in [1.165, 1.54) is 0 Å². The lowest BCUT2D eigenvalue weighted by atomic mass is 9.63. The first kappa shape index (κ1) is 7.27. The number of piperidine rings is 2. The lowest BCUT2D eigenvalue weighted by Gasteiger charge is -2.57. The lowest BCUT2D eigenvalue weighted by molar-refractivity contribution is -0.921. The SMILES string of the molecule is [O-][NH+]1C2CC3CC1CC(F)(C3)C2. The second kappa shape index (κ2) is 2.02. The molecule has 0 aromatic carbocycles. The molecule has 0 aromatic heterocycles. The minimum atomic E-state index is -0.940. The van der Waals surface area contributed by atoms with E-state index >= 15 is 0 Å². The van der Waals surface area contributed by atoms with Gasteiger partial charge in [-0.3, -0.25) is 0 Å². The quantitative estimate of drug-likeness (QED) is 0.526. The molecule has 2 saturated carbocycles. The average molecular weight is 171 g/mol. The molecule has 1 N–H and O–H groups in total. The number of nitrogens with one attached hydrogen (secondary N) is 1. The van der Waals surface area contributed by atoms with E-state index in [4.69, 9.17) is 0 Å². The van der Waals surface area contributed by atoms with Crippen molar-refractivity contribution in [3.63, 3.8) is 0 Å². The second-order valence-electron chi connectivity index (χ2n) is 4.90. The summed E-state index contributed by atoms with van der Waals surface area (Å²) in [5.74, 6) is 0.533. The van der Waals surface area contributed by atoms with E-state index in [1.54, 1.807) is 0 Å². The van der Waals surface area contributed by atoms with Crippen molar-refractivity contribution in [2.75, 3.05) is 0 Å². The minimum Gasteiger partial charge on any atom is -0.634 e. The van der Waals surface area contributed by atoms with Gasteiger partial charge in [-0.2, -0.15) is 0 Å². The van der Waals surface area contributed by atoms with Crippen molar-refractivity contribution in [3.05, 3.63) is 5.21 Å². The summed E-state index contributed by atoms with van der Waals surface area (Å²) in [7, 11) is 0. The number of alkyl halides is 1. The van der Waals surface area contributed by atoms with Crippen molar-refractivity contribution < 1.29 is 9.45 Å². The van der Waals surface area contributed by atoms with E-state index in [-0.39, 0.29) is 12.1 Å². The van der Waals surface area contributed by atoms with Gasteiger partial charge >= 0.3 is 0 Å². The van der Waals surface area contributed by atoms with Gasteiger partial charge in [0.1, 0.15) is 5.67 Å². The van der Waals surface area contributed by atoms with Gasteiger partial charge < -0.3 is 10.3 Å². The third-order valence-corrected chi connectivity index (χ3v) is 3.92. The van der Waals surface area contributed by atoms with E-state index in [1.807, 2.05) is 0 Å². The summed E-state index contributed by atoms with van der Waals surface area (Å²) < 4.78 is 13.9. The molecule has 68 valence electrons. The molecule has 4 bridgehead atoms. The Morgan fingerprint density at radius 1 is 1.17 bits per heavy atom. The van der Waals surface area contributed by atoms with Crippen LogP contribution in [0.1, 0.15) is 32.1 Å². The first-order valence-corrected chi connectivity index (χ1v) is 4.89. The van der Waals surface area contributed by atoms with Crippen LogP contribution in [0, 0.1) is 11.1 Å². The topological polar surface area (TPSA) is 27.5 Å². The maximum absolute atomic E-state index is 13.9. The van der Waals surface area contributed by atoms with Gasteiger partial charge in [0.15, 0.2) is 0 Å². The fourth-order valence-electron chi connectivity index (χ4n) is 3.65. The highest BCUT2D eigenvalue weighted by Crippen LogP contribution is 2.47. The van der Waals surface area contributed by atoms with Crippen LogP contribution < -0.4 is 5.06 Å². The third-order valence-electron chi connectivity index (χ3n) is 3.92. The monoisotopic (exact) mass is 171 g/mol. The summed E-state index contributed by atoms with van der Waals surface area (Å²) in [6.45, 7) is 0. The number of hydroxylamine groups is 2. The van der Waals surface area contributed by atoms with Crippen LogP contribution in [0.2, 0.25) is 0 Å². The zero-order valence-corrected chi connectivity index (χ0v) is 7.05. The third kappa shape index (κ3) is 0.811. The number of halogens is 1. The summed E-state index contributed by atoms with van der Waals surface area (Å²) in [5.41, 5.74) is -0.940. The molecule has 2 unspecified atom stereocenters. The van der Waals surface area contributed by atoms with Crippen molar-refractivity contribution >= 4 is 0 Å². The van der Waals surface area contributed by atoms with Crippen LogP contribution in [0.15, 0.2) is 0 Å². The fourth-order valence-corrected chi connectivity index (χ4v) is 3.65. The largest absolute Gasteiger partial charge is 0.634 e. The highest BCUT2D eigenvalue weighted by atomic mass is 19.1. The summed E-state index contributed by atoms with van der Waals surface area (Å²) >= 11 is 0. The number of hydrogen-bond acceptors (Lipinski definition) is 1. The van der Waals surface area contributed by atoms with Crippen LogP contribution in [0.4, 0.5) is 4.39 Å². The van der Waals surface area contributed by atoms with Crippen LogP contribution in [0.5, 0.6) is 0 Å². The van der Waals surface area contributed by atoms with Crippen molar-refractivity contribution in [1.82, 2.24) is 0 Å². The molecule has 12 heavy (non-hydrogen) atoms. The van der Waals surface area contributed by atoms with E-state index < -0.39 is 5.67 Å². The van der Waals surface area contributed by atoms with Crippen molar-refractivity contribution in [2.24, 2.45) is 5.92 Å². The van der Waals surface area contributed by atoms with Crippen molar-refractivity contribution in [1.29, 1.82) is 0 Å². The Morgan fingerprint density at radius 2 is 1.75 bits per heavy atom. The van der Waals surface area contributed by atoms with Gasteiger partial charge in [0.25, 0.3) is 0 Å². The molecule has 3 heteroatoms. The fraction of sp³-hybridized carbons (Fsp3) is 1.00. The van der Waals surface area contributed by atoms with E-state index in [2.05, 4.69) is 0 Å². The molecular weight excluding hydrogens is 157 g/mol. The Morgan fingerprint density at radius 3 is 2.25 bits per heavy atom. The first-order valence-electron chi connectivity index (χ1n) is 4.89. The molecule has 2 nitrogen and oxygen atoms in total. The van der Waals surface area contributed by atoms with E-state index in [9.17, 15) is 9.60 Å². The Bertz CT molecular complexity index is 205. The molecule has 0 radical (unpaired) electrons. The van der Waals surface area contributed by atoms with Gasteiger partial charge in [0, 0.05) is 25.7 Å². The zero-order valence-electron chi connectivity index (χ0n) is 7.05. The molecule has 0 amide bonds. The summed E-state index contributed by atoms with van der Waals surface area (Å²) in [5, 5.41) is 11.9. The molecule has 0 spiro atoms. The Balaban J connectivity index is 1.95. The number of hydrogen-bond donors (Lipinski definition) is 1. The van der Waals surface area contributed by atoms with Crippen LogP contribution in [0.3, 0.4) is 0 Å². The molecular formula is C9H14FNO. The first-order chi connectivity index (χ1) is 5.66. The highest BCUT2D eigenvalue weighted by Gasteiger charge is 2.55. The van der Waals surface area contributed by atoms with E-state index in [0.717, 1.165) is 19.3 Å². The molecule has 2 aliphatic carbocycles. The number of rotatable bonds is 0. The predicted octanol–water partition coefficient (Wildman–Crippen LogP) is 0.422. The molecule has 4 rings (SSSR count). The van der Waals surface area contributed by atoms with Gasteiger partial charge in [-0.25, -0.2) is 4.39 Å². The number of quaternary nitrogens is 1. The van der Waals surface area contributed by atoms with Gasteiger partial charge in [-0.15, -0.1) is 0 Å². The molecule has 4 aliphatic rings. The van der Waals surface area contributed by atoms with E-state index in [0.29, 0.717) is 23.8 Å². The molecule has 2 saturated heterocycles. The van der Waals surface area contributed by atoms with Crippen molar-refractivity contribution in [2.45, 2.75) is 49.9 Å². The van der Waals surface area contributed by atoms with Gasteiger partial charge in [-0.1, -0.05) is 0 Å². The highest BCUT2D eigenvalue weighted by molar-refractivity contribution is 5.01. The Labute approximate surface area is 71.3 Å². The summed E-state index contributed by atoms with van der Waals surface area (Å²) in [6, 6.07) is 0.197. The van der Waals surface area contributed by atoms with Gasteiger partial charge in [0.05, 0.1) is 12.1 Å². The van der Waals surface area contributed by atoms with Crippen molar-refractivity contribution in [3.8, 4) is 0 Å². The molecule has 0 aromatic rings. The molecule has 2 atom stereocenters. The summed E-state index contributed by atoms with van der Waals surface area (Å²) in [4.78, 5) is 0. The van der Waals surface area contributed by atoms with Gasteiger partial charge in [0.2, 0.25) is 0 Å². The Kier molecular flexibility index (Phi) is 1.22. The molecule has 4 fully saturated rings. The second-order valence-corrected chi connectivity index (χ2v) is 4.90. The normalized spacial score (nSPS) is 62.5. The zero-order chi connectivity index (χ0) is 8.34. The summed E-state index contributed by atoms with van der Waals surface area (Å²) in [6.07, 6.45) is 3.80. The maximum Gasteiger partial charge on any atom is 0.122 e. The minimum absolute atomic E-state index is 0.0984. The lowest BCUT2D eigenvalue weighted by Crippen LogP contribution is -3.18. The molecule has 2 aliphatic heterocycles. The molecule has 2 heterocycles. The Hall–Kier alpha value is -0.150. The van der Waals surface area contributed by atoms with Crippen LogP contribution >= 0.6 is 0 Å². The van der Waals surface area contributed by atoms with Crippen LogP contribution in [-0.4, -0.2) is 17.8 Å². The van der Waals surface area contributed by atoms with Crippen LogP contribution in [0.25, 0.3) is 0 Å². The van der Waals surface area contributed by atoms with Gasteiger partial charge in [-0.05, 0) is 12.3 Å². The standard InChI is InChI=1S/C9H14FNO/c10-9-3-6-1-7(4-9)11(12)8(2-6)5-9/h6-8,11H,1-5H2. The van der Waals surface area contributed by atoms with Crippen LogP contribution in [-0.2, 0) is 0 Å². The predicted molar refractivity (Wildman–Crippen MR) is 42.3 cm³/mol. The average Bonchev–Trinajstić information content (AvgIpc) is 1.96. The smallest absolute Gasteiger partial charge is 0.122 e.